The molecule has 476 valence electrons. The van der Waals surface area contributed by atoms with E-state index in [4.69, 9.17) is 37.2 Å². The summed E-state index contributed by atoms with van der Waals surface area (Å²) in [5.74, 6) is 2.82. The Balaban J connectivity index is 0.000000161. The van der Waals surface area contributed by atoms with E-state index in [2.05, 4.69) is 27.7 Å². The van der Waals surface area contributed by atoms with Crippen molar-refractivity contribution in [2.24, 2.45) is 80.1 Å². The molecular formula is C64H107NO16S2. The van der Waals surface area contributed by atoms with Gasteiger partial charge in [-0.05, 0) is 232 Å². The second kappa shape index (κ2) is 25.0. The van der Waals surface area contributed by atoms with Crippen LogP contribution in [0.25, 0.3) is 0 Å². The molecule has 10 bridgehead atoms. The van der Waals surface area contributed by atoms with E-state index in [0.29, 0.717) is 74.5 Å². The number of hydrogen-bond donors (Lipinski definition) is 1. The standard InChI is InChI=1S/C19H32O2.C16H27NO5S.C15H22O7S.C14H26O2/c1-6-18(4,5)17(20)21-19(12(2)3)15-8-13-7-14(10-15)11-16(19)9-13;1-4-14(2,3)13(18)21-15-6-11-5-12(7-15)9-16(8-11,10-15)22-23(17,19)20;1-4-15(2,3)14(17)20-7-11(16)21-12-8-5-9-10(6-8)23(18,19)22-13(9)12;1-5-13(3,4)12(15)16-14(6-2)10-8-7-9-11-14/h12-16H,6-11H2,1-5H3;11-12H,4-10H2,1-3H3,(H2,17,19,20);8-10,12-13H,4-7H2,1-3H3;5-11H2,1-4H3. The second-order valence-corrected chi connectivity index (χ2v) is 33.4. The van der Waals surface area contributed by atoms with Crippen LogP contribution in [0.15, 0.2) is 0 Å². The molecular weight excluding hydrogens is 1100 g/mol. The van der Waals surface area contributed by atoms with E-state index in [-0.39, 0.29) is 51.8 Å². The third-order valence-corrected chi connectivity index (χ3v) is 25.0. The van der Waals surface area contributed by atoms with Crippen molar-refractivity contribution in [1.82, 2.24) is 0 Å². The van der Waals surface area contributed by atoms with Crippen LogP contribution in [0.3, 0.4) is 0 Å². The number of rotatable bonds is 18. The molecule has 1 heterocycles. The number of nitrogens with two attached hydrogens (primary N) is 1. The Morgan fingerprint density at radius 3 is 1.53 bits per heavy atom. The Morgan fingerprint density at radius 1 is 0.602 bits per heavy atom. The van der Waals surface area contributed by atoms with Crippen molar-refractivity contribution in [3.8, 4) is 0 Å². The smallest absolute Gasteiger partial charge is 0.344 e. The van der Waals surface area contributed by atoms with Gasteiger partial charge in [0.1, 0.15) is 29.0 Å². The molecule has 0 aromatic carbocycles. The minimum atomic E-state index is -4.02. The van der Waals surface area contributed by atoms with Gasteiger partial charge in [-0.3, -0.25) is 27.5 Å². The highest BCUT2D eigenvalue weighted by Gasteiger charge is 2.66. The molecule has 12 fully saturated rings. The maximum atomic E-state index is 12.8. The zero-order chi connectivity index (χ0) is 61.7. The van der Waals surface area contributed by atoms with Crippen molar-refractivity contribution in [3.63, 3.8) is 0 Å². The Hall–Kier alpha value is -2.87. The molecule has 0 amide bonds. The highest BCUT2D eigenvalue weighted by atomic mass is 32.2. The lowest BCUT2D eigenvalue weighted by atomic mass is 9.47. The van der Waals surface area contributed by atoms with E-state index in [1.54, 1.807) is 13.8 Å². The maximum absolute atomic E-state index is 12.8. The molecule has 12 aliphatic rings. The van der Waals surface area contributed by atoms with Crippen molar-refractivity contribution in [2.75, 3.05) is 6.61 Å². The normalized spacial score (nSPS) is 35.7. The molecule has 1 saturated heterocycles. The van der Waals surface area contributed by atoms with Crippen LogP contribution in [0, 0.1) is 74.9 Å². The Bertz CT molecular complexity index is 2540. The summed E-state index contributed by atoms with van der Waals surface area (Å²) >= 11 is 0. The third kappa shape index (κ3) is 14.7. The Labute approximate surface area is 498 Å². The van der Waals surface area contributed by atoms with Crippen molar-refractivity contribution < 1.29 is 72.9 Å². The fourth-order valence-electron chi connectivity index (χ4n) is 16.5. The van der Waals surface area contributed by atoms with Crippen LogP contribution in [0.5, 0.6) is 0 Å². The predicted octanol–water partition coefficient (Wildman–Crippen LogP) is 12.2. The molecule has 17 nitrogen and oxygen atoms in total. The van der Waals surface area contributed by atoms with E-state index < -0.39 is 78.5 Å². The van der Waals surface area contributed by atoms with Gasteiger partial charge < -0.3 is 23.7 Å². The Morgan fingerprint density at radius 2 is 1.06 bits per heavy atom. The van der Waals surface area contributed by atoms with Gasteiger partial charge in [0, 0.05) is 18.3 Å². The summed E-state index contributed by atoms with van der Waals surface area (Å²) in [5.41, 5.74) is -3.55. The van der Waals surface area contributed by atoms with Gasteiger partial charge in [0.2, 0.25) is 0 Å². The van der Waals surface area contributed by atoms with Gasteiger partial charge >= 0.3 is 40.2 Å². The first kappa shape index (κ1) is 67.6. The molecule has 0 aromatic rings. The third-order valence-electron chi connectivity index (χ3n) is 22.6. The van der Waals surface area contributed by atoms with Crippen molar-refractivity contribution in [1.29, 1.82) is 0 Å². The zero-order valence-electron chi connectivity index (χ0n) is 53.3. The highest BCUT2D eigenvalue weighted by molar-refractivity contribution is 7.87. The van der Waals surface area contributed by atoms with Gasteiger partial charge in [-0.15, -0.1) is 0 Å². The first-order valence-electron chi connectivity index (χ1n) is 32.1. The monoisotopic (exact) mass is 1210 g/mol. The quantitative estimate of drug-likeness (QED) is 0.0761. The van der Waals surface area contributed by atoms with Gasteiger partial charge in [-0.2, -0.15) is 16.8 Å². The molecule has 7 unspecified atom stereocenters. The summed E-state index contributed by atoms with van der Waals surface area (Å²) in [6, 6.07) is 0. The summed E-state index contributed by atoms with van der Waals surface area (Å²) in [4.78, 5) is 61.2. The van der Waals surface area contributed by atoms with E-state index in [0.717, 1.165) is 63.2 Å². The van der Waals surface area contributed by atoms with Crippen LogP contribution in [0.2, 0.25) is 0 Å². The minimum Gasteiger partial charge on any atom is -0.459 e. The van der Waals surface area contributed by atoms with E-state index >= 15 is 0 Å². The summed E-state index contributed by atoms with van der Waals surface area (Å²) in [6.07, 6.45) is 20.9. The second-order valence-electron chi connectivity index (χ2n) is 30.4. The fourth-order valence-corrected chi connectivity index (χ4v) is 19.1. The van der Waals surface area contributed by atoms with Crippen LogP contribution in [-0.4, -0.2) is 93.2 Å². The zero-order valence-corrected chi connectivity index (χ0v) is 55.0. The molecule has 2 N–H and O–H groups in total. The van der Waals surface area contributed by atoms with Crippen LogP contribution in [-0.2, 0) is 76.4 Å². The molecule has 0 radical (unpaired) electrons. The van der Waals surface area contributed by atoms with Gasteiger partial charge in [0.05, 0.1) is 32.5 Å². The number of fused-ring (bicyclic) bond motifs is 1. The molecule has 83 heavy (non-hydrogen) atoms. The molecule has 19 heteroatoms. The molecule has 0 aromatic heterocycles. The average Bonchev–Trinajstić information content (AvgIpc) is 2.49. The number of carbonyl (C=O) groups excluding carboxylic acids is 5. The number of esters is 5. The van der Waals surface area contributed by atoms with E-state index in [1.165, 1.54) is 51.4 Å². The summed E-state index contributed by atoms with van der Waals surface area (Å²) < 4.78 is 85.7. The van der Waals surface area contributed by atoms with Crippen LogP contribution in [0.1, 0.15) is 252 Å². The van der Waals surface area contributed by atoms with Crippen molar-refractivity contribution in [2.45, 2.75) is 291 Å². The largest absolute Gasteiger partial charge is 0.459 e. The first-order valence-corrected chi connectivity index (χ1v) is 35.0. The SMILES string of the molecule is CCC(C)(C)C(=O)OC1(C(C)C)C2CC3CC(C2)CC1C3.CCC(C)(C)C(=O)OC12CC3CC(C1)CC(OS(N)(=O)=O)(C3)C2.CCC(C)(C)C(=O)OCC(=O)OC1C2CC3C1OS(=O)(=O)C3C2.CCC1(OC(=O)C(C)(C)CC)CCCCC1. The van der Waals surface area contributed by atoms with Crippen LogP contribution < -0.4 is 5.14 Å². The van der Waals surface area contributed by atoms with Crippen molar-refractivity contribution in [3.05, 3.63) is 0 Å². The van der Waals surface area contributed by atoms with Crippen molar-refractivity contribution >= 4 is 50.3 Å². The van der Waals surface area contributed by atoms with Gasteiger partial charge in [-0.25, -0.2) is 9.93 Å². The predicted molar refractivity (Wildman–Crippen MR) is 314 cm³/mol. The number of ether oxygens (including phenoxy) is 5. The number of carbonyl (C=O) groups is 5. The lowest BCUT2D eigenvalue weighted by Gasteiger charge is -2.62. The van der Waals surface area contributed by atoms with Gasteiger partial charge in [-0.1, -0.05) is 54.9 Å². The average molecular weight is 1210 g/mol. The summed E-state index contributed by atoms with van der Waals surface area (Å²) in [7, 11) is -7.54. The number of hydrogen-bond acceptors (Lipinski definition) is 16. The molecule has 0 spiro atoms. The fraction of sp³-hybridized carbons (Fsp3) is 0.922. The molecule has 12 rings (SSSR count). The van der Waals surface area contributed by atoms with E-state index in [1.807, 2.05) is 62.3 Å². The molecule has 11 aliphatic carbocycles. The molecule has 1 aliphatic heterocycles. The summed E-state index contributed by atoms with van der Waals surface area (Å²) in [6.45, 7) is 29.4. The summed E-state index contributed by atoms with van der Waals surface area (Å²) in [5, 5.41) is 4.69. The van der Waals surface area contributed by atoms with Crippen LogP contribution in [0.4, 0.5) is 0 Å². The minimum absolute atomic E-state index is 0.0130. The molecule has 11 saturated carbocycles. The van der Waals surface area contributed by atoms with E-state index in [9.17, 15) is 40.8 Å². The lowest BCUT2D eigenvalue weighted by molar-refractivity contribution is -0.231. The first-order chi connectivity index (χ1) is 38.4. The topological polar surface area (TPSA) is 244 Å². The van der Waals surface area contributed by atoms with Crippen LogP contribution >= 0.6 is 0 Å². The van der Waals surface area contributed by atoms with Gasteiger partial charge in [0.25, 0.3) is 10.1 Å². The highest BCUT2D eigenvalue weighted by Crippen LogP contribution is 2.63. The molecule has 7 atom stereocenters. The maximum Gasteiger partial charge on any atom is 0.344 e. The Kier molecular flexibility index (Phi) is 20.3. The lowest BCUT2D eigenvalue weighted by Crippen LogP contribution is -2.63. The van der Waals surface area contributed by atoms with Gasteiger partial charge in [0.15, 0.2) is 6.61 Å².